The lowest BCUT2D eigenvalue weighted by Crippen LogP contribution is -2.14. The average molecular weight is 451 g/mol. The molecular weight excluding hydrogens is 424 g/mol. The van der Waals surface area contributed by atoms with Crippen molar-refractivity contribution in [1.82, 2.24) is 4.90 Å². The number of anilines is 1. The highest BCUT2D eigenvalue weighted by molar-refractivity contribution is 6.33. The third-order valence-corrected chi connectivity index (χ3v) is 5.49. The van der Waals surface area contributed by atoms with E-state index in [9.17, 15) is 9.59 Å². The van der Waals surface area contributed by atoms with E-state index < -0.39 is 0 Å². The second-order valence-electron chi connectivity index (χ2n) is 7.82. The summed E-state index contributed by atoms with van der Waals surface area (Å²) in [6.07, 6.45) is 2.58. The number of hydrogen-bond donors (Lipinski definition) is 1. The Balaban J connectivity index is 1.72. The maximum atomic E-state index is 12.8. The van der Waals surface area contributed by atoms with E-state index in [0.29, 0.717) is 21.8 Å². The summed E-state index contributed by atoms with van der Waals surface area (Å²) in [6.45, 7) is 0.966. The van der Waals surface area contributed by atoms with E-state index in [1.54, 1.807) is 25.3 Å². The molecule has 0 saturated heterocycles. The molecule has 0 fully saturated rings. The lowest BCUT2D eigenvalue weighted by molar-refractivity contribution is 0.102. The first-order chi connectivity index (χ1) is 15.4. The molecule has 5 nitrogen and oxygen atoms in total. The van der Waals surface area contributed by atoms with Gasteiger partial charge in [-0.3, -0.25) is 9.59 Å². The molecule has 6 heteroatoms. The quantitative estimate of drug-likeness (QED) is 0.432. The molecule has 0 aliphatic heterocycles. The van der Waals surface area contributed by atoms with Gasteiger partial charge in [-0.15, -0.1) is 0 Å². The summed E-state index contributed by atoms with van der Waals surface area (Å²) in [5, 5.41) is 3.45. The minimum Gasteiger partial charge on any atom is -0.496 e. The molecule has 0 saturated carbocycles. The molecule has 0 radical (unpaired) electrons. The summed E-state index contributed by atoms with van der Waals surface area (Å²) < 4.78 is 5.46. The van der Waals surface area contributed by atoms with E-state index in [4.69, 9.17) is 16.3 Å². The van der Waals surface area contributed by atoms with E-state index in [-0.39, 0.29) is 5.91 Å². The minimum absolute atomic E-state index is 0.178. The van der Waals surface area contributed by atoms with Crippen LogP contribution in [0.15, 0.2) is 60.7 Å². The zero-order chi connectivity index (χ0) is 23.1. The van der Waals surface area contributed by atoms with Crippen LogP contribution in [-0.2, 0) is 6.42 Å². The topological polar surface area (TPSA) is 58.6 Å². The van der Waals surface area contributed by atoms with E-state index in [2.05, 4.69) is 10.2 Å². The van der Waals surface area contributed by atoms with Gasteiger partial charge in [-0.1, -0.05) is 35.9 Å². The van der Waals surface area contributed by atoms with Crippen molar-refractivity contribution in [2.45, 2.75) is 12.8 Å². The summed E-state index contributed by atoms with van der Waals surface area (Å²) >= 11 is 6.30. The number of ether oxygens (including phenoxy) is 1. The lowest BCUT2D eigenvalue weighted by atomic mass is 10.0. The molecule has 0 atom stereocenters. The maximum absolute atomic E-state index is 12.8. The van der Waals surface area contributed by atoms with Crippen LogP contribution in [0, 0.1) is 0 Å². The second kappa shape index (κ2) is 10.9. The van der Waals surface area contributed by atoms with Crippen LogP contribution in [0.25, 0.3) is 11.1 Å². The zero-order valence-electron chi connectivity index (χ0n) is 18.5. The molecule has 0 aliphatic carbocycles. The van der Waals surface area contributed by atoms with Crippen LogP contribution in [0.4, 0.5) is 5.69 Å². The molecule has 0 spiro atoms. The molecule has 3 rings (SSSR count). The van der Waals surface area contributed by atoms with E-state index >= 15 is 0 Å². The number of carbonyl (C=O) groups excluding carboxylic acids is 2. The van der Waals surface area contributed by atoms with Gasteiger partial charge in [0.25, 0.3) is 5.91 Å². The molecule has 166 valence electrons. The molecular formula is C26H27ClN2O3. The summed E-state index contributed by atoms with van der Waals surface area (Å²) in [4.78, 5) is 25.8. The molecule has 0 aliphatic rings. The Hall–Kier alpha value is -3.15. The van der Waals surface area contributed by atoms with Crippen LogP contribution >= 0.6 is 11.6 Å². The Morgan fingerprint density at radius 3 is 2.44 bits per heavy atom. The first-order valence-electron chi connectivity index (χ1n) is 10.4. The number of nitrogens with one attached hydrogen (secondary N) is 1. The third-order valence-electron chi connectivity index (χ3n) is 5.18. The van der Waals surface area contributed by atoms with E-state index in [1.165, 1.54) is 0 Å². The number of hydrogen-bond acceptors (Lipinski definition) is 4. The normalized spacial score (nSPS) is 10.8. The van der Waals surface area contributed by atoms with Crippen molar-refractivity contribution in [3.8, 4) is 16.9 Å². The lowest BCUT2D eigenvalue weighted by Gasteiger charge is -2.13. The van der Waals surface area contributed by atoms with Gasteiger partial charge in [-0.2, -0.15) is 0 Å². The summed E-state index contributed by atoms with van der Waals surface area (Å²) in [6, 6.07) is 18.1. The minimum atomic E-state index is -0.178. The monoisotopic (exact) mass is 450 g/mol. The fraction of sp³-hybridized carbons (Fsp3) is 0.231. The zero-order valence-corrected chi connectivity index (χ0v) is 19.3. The fourth-order valence-electron chi connectivity index (χ4n) is 3.48. The smallest absolute Gasteiger partial charge is 0.255 e. The number of amides is 1. The first-order valence-corrected chi connectivity index (χ1v) is 10.8. The Kier molecular flexibility index (Phi) is 8.03. The molecule has 3 aromatic carbocycles. The fourth-order valence-corrected chi connectivity index (χ4v) is 3.77. The highest BCUT2D eigenvalue weighted by Crippen LogP contribution is 2.29. The Morgan fingerprint density at radius 1 is 1.06 bits per heavy atom. The van der Waals surface area contributed by atoms with Gasteiger partial charge < -0.3 is 15.0 Å². The van der Waals surface area contributed by atoms with E-state index in [0.717, 1.165) is 48.1 Å². The van der Waals surface area contributed by atoms with Crippen molar-refractivity contribution in [2.75, 3.05) is 33.1 Å². The van der Waals surface area contributed by atoms with Crippen molar-refractivity contribution >= 4 is 29.5 Å². The SMILES string of the molecule is COc1ccc(C(=O)Nc2ccc(-c3ccc(C=O)cc3Cl)cc2)cc1CCCN(C)C. The molecule has 1 N–H and O–H groups in total. The van der Waals surface area contributed by atoms with Crippen LogP contribution in [-0.4, -0.2) is 44.8 Å². The molecule has 3 aromatic rings. The van der Waals surface area contributed by atoms with Gasteiger partial charge in [0.05, 0.1) is 7.11 Å². The van der Waals surface area contributed by atoms with Crippen molar-refractivity contribution in [1.29, 1.82) is 0 Å². The van der Waals surface area contributed by atoms with Crippen molar-refractivity contribution in [2.24, 2.45) is 0 Å². The number of carbonyl (C=O) groups is 2. The Bertz CT molecular complexity index is 1090. The molecule has 32 heavy (non-hydrogen) atoms. The summed E-state index contributed by atoms with van der Waals surface area (Å²) in [7, 11) is 5.73. The van der Waals surface area contributed by atoms with Crippen molar-refractivity contribution in [3.63, 3.8) is 0 Å². The molecule has 1 amide bonds. The number of halogens is 1. The third kappa shape index (κ3) is 5.96. The molecule has 0 aromatic heterocycles. The van der Waals surface area contributed by atoms with Crippen molar-refractivity contribution < 1.29 is 14.3 Å². The molecule has 0 heterocycles. The number of aldehydes is 1. The van der Waals surface area contributed by atoms with Crippen LogP contribution in [0.5, 0.6) is 5.75 Å². The van der Waals surface area contributed by atoms with Gasteiger partial charge in [0.2, 0.25) is 0 Å². The predicted octanol–water partition coefficient (Wildman–Crippen LogP) is 5.57. The maximum Gasteiger partial charge on any atom is 0.255 e. The van der Waals surface area contributed by atoms with Gasteiger partial charge in [-0.25, -0.2) is 0 Å². The standard InChI is InChI=1S/C26H27ClN2O3/c1-29(2)14-4-5-20-16-21(9-13-25(20)32-3)26(31)28-22-10-7-19(8-11-22)23-12-6-18(17-30)15-24(23)27/h6-13,15-17H,4-5,14H2,1-3H3,(H,28,31). The molecule has 0 bridgehead atoms. The number of methoxy groups -OCH3 is 1. The molecule has 0 unspecified atom stereocenters. The first kappa shape index (κ1) is 23.5. The van der Waals surface area contributed by atoms with Gasteiger partial charge in [0.15, 0.2) is 0 Å². The number of rotatable bonds is 9. The van der Waals surface area contributed by atoms with E-state index in [1.807, 2.05) is 56.6 Å². The van der Waals surface area contributed by atoms with Gasteiger partial charge in [0.1, 0.15) is 12.0 Å². The summed E-state index contributed by atoms with van der Waals surface area (Å²) in [5.41, 5.74) is 4.55. The Morgan fingerprint density at radius 2 is 1.81 bits per heavy atom. The van der Waals surface area contributed by atoms with Gasteiger partial charge >= 0.3 is 0 Å². The van der Waals surface area contributed by atoms with Crippen LogP contribution in [0.2, 0.25) is 5.02 Å². The number of nitrogens with zero attached hydrogens (tertiary/aromatic N) is 1. The van der Waals surface area contributed by atoms with Crippen LogP contribution in [0.1, 0.15) is 32.7 Å². The Labute approximate surface area is 194 Å². The average Bonchev–Trinajstić information content (AvgIpc) is 2.79. The predicted molar refractivity (Wildman–Crippen MR) is 130 cm³/mol. The van der Waals surface area contributed by atoms with Crippen molar-refractivity contribution in [3.05, 3.63) is 82.4 Å². The number of benzene rings is 3. The highest BCUT2D eigenvalue weighted by atomic mass is 35.5. The van der Waals surface area contributed by atoms with Gasteiger partial charge in [0, 0.05) is 27.4 Å². The van der Waals surface area contributed by atoms with Gasteiger partial charge in [-0.05, 0) is 81.0 Å². The number of aryl methyl sites for hydroxylation is 1. The second-order valence-corrected chi connectivity index (χ2v) is 8.23. The van der Waals surface area contributed by atoms with Crippen LogP contribution in [0.3, 0.4) is 0 Å². The highest BCUT2D eigenvalue weighted by Gasteiger charge is 2.12. The van der Waals surface area contributed by atoms with Crippen LogP contribution < -0.4 is 10.1 Å². The summed E-state index contributed by atoms with van der Waals surface area (Å²) in [5.74, 6) is 0.616. The largest absolute Gasteiger partial charge is 0.496 e.